The first kappa shape index (κ1) is 44.2. The van der Waals surface area contributed by atoms with Gasteiger partial charge >= 0.3 is 6.09 Å². The standard InChI is InChI=1S/C24H30N6O5S.C19H20N6O2S/c1-15-5-9-18(10-6-15)36(33,34)30-12-11-19-21(30)25-14-20(27-19)28-29-22(31)16-7-8-17(13-16)26-23(32)35-24(2,3)4;1-12-2-6-15(7-3-12)28(26,27)24-9-8-16-19(24)21-11-17-22-23-18(25(16)17)13-4-5-14(20)10-13/h5-6,9-12,14,16-17H,7-8,13H2,1-4H3,(H,26,32)(H,27,28)(H,29,31);2-3,6-9,11,13-14H,4-5,10,20H2,1H3/t16-,17-;13-,14-/m11/s1. The highest BCUT2D eigenvalue weighted by Gasteiger charge is 2.33. The second kappa shape index (κ2) is 17.3. The SMILES string of the molecule is Cc1ccc(S(=O)(=O)n2ccc3c2ncc2nnc([C@@H]4CC[C@@H](N)C4)n23)cc1.Cc1ccc(S(=O)(=O)n2ccc3nc(NNC(=O)[C@@H]4CC[C@@H](NC(=O)OC(C)(C)C)C4)cnc32)cc1. The highest BCUT2D eigenvalue weighted by Crippen LogP contribution is 2.34. The van der Waals surface area contributed by atoms with Crippen LogP contribution < -0.4 is 21.9 Å². The van der Waals surface area contributed by atoms with Gasteiger partial charge in [-0.15, -0.1) is 10.2 Å². The molecule has 0 saturated heterocycles. The number of benzene rings is 2. The average molecular weight is 911 g/mol. The lowest BCUT2D eigenvalue weighted by Crippen LogP contribution is -2.39. The molecule has 2 amide bonds. The number of fused-ring (bicyclic) bond motifs is 4. The van der Waals surface area contributed by atoms with E-state index < -0.39 is 31.7 Å². The third-order valence-corrected chi connectivity index (χ3v) is 14.6. The maximum atomic E-state index is 13.1. The third kappa shape index (κ3) is 9.13. The van der Waals surface area contributed by atoms with Crippen LogP contribution >= 0.6 is 0 Å². The molecule has 5 aromatic heterocycles. The molecule has 0 aliphatic heterocycles. The Hall–Kier alpha value is -6.45. The number of nitrogens with two attached hydrogens (primary N) is 1. The van der Waals surface area contributed by atoms with Gasteiger partial charge in [-0.1, -0.05) is 35.4 Å². The molecular formula is C43H50N12O7S2. The van der Waals surface area contributed by atoms with Crippen LogP contribution in [0.5, 0.6) is 0 Å². The van der Waals surface area contributed by atoms with Crippen molar-refractivity contribution in [3.05, 3.63) is 102 Å². The van der Waals surface area contributed by atoms with E-state index in [1.165, 1.54) is 22.6 Å². The topological polar surface area (TPSA) is 252 Å². The predicted octanol–water partition coefficient (Wildman–Crippen LogP) is 5.33. The number of hydrazine groups is 1. The van der Waals surface area contributed by atoms with Crippen LogP contribution in [0.25, 0.3) is 28.0 Å². The Morgan fingerprint density at radius 3 is 2.02 bits per heavy atom. The van der Waals surface area contributed by atoms with Gasteiger partial charge in [-0.05, 0) is 110 Å². The van der Waals surface area contributed by atoms with E-state index in [9.17, 15) is 26.4 Å². The Balaban J connectivity index is 0.000000180. The highest BCUT2D eigenvalue weighted by atomic mass is 32.2. The van der Waals surface area contributed by atoms with Gasteiger partial charge in [0.25, 0.3) is 20.0 Å². The fourth-order valence-corrected chi connectivity index (χ4v) is 10.6. The number of alkyl carbamates (subject to hydrolysis) is 1. The number of hydrogen-bond acceptors (Lipinski definition) is 14. The largest absolute Gasteiger partial charge is 0.444 e. The van der Waals surface area contributed by atoms with Gasteiger partial charge in [0.2, 0.25) is 5.91 Å². The molecule has 2 saturated carbocycles. The Morgan fingerprint density at radius 2 is 1.39 bits per heavy atom. The molecule has 2 aromatic carbocycles. The summed E-state index contributed by atoms with van der Waals surface area (Å²) in [6, 6.07) is 16.7. The zero-order chi connectivity index (χ0) is 45.6. The summed E-state index contributed by atoms with van der Waals surface area (Å²) < 4.78 is 61.8. The van der Waals surface area contributed by atoms with E-state index in [4.69, 9.17) is 10.5 Å². The van der Waals surface area contributed by atoms with Crippen LogP contribution in [0, 0.1) is 19.8 Å². The smallest absolute Gasteiger partial charge is 0.407 e. The first-order valence-corrected chi connectivity index (χ1v) is 23.8. The molecule has 9 rings (SSSR count). The van der Waals surface area contributed by atoms with Crippen molar-refractivity contribution in [2.24, 2.45) is 11.7 Å². The van der Waals surface area contributed by atoms with Crippen LogP contribution in [0.4, 0.5) is 10.6 Å². The summed E-state index contributed by atoms with van der Waals surface area (Å²) in [6.07, 6.45) is 9.92. The van der Waals surface area contributed by atoms with Crippen LogP contribution in [0.3, 0.4) is 0 Å². The number of hydrogen-bond donors (Lipinski definition) is 4. The van der Waals surface area contributed by atoms with E-state index in [-0.39, 0.29) is 51.1 Å². The van der Waals surface area contributed by atoms with E-state index in [2.05, 4.69) is 41.3 Å². The molecule has 19 nitrogen and oxygen atoms in total. The Kier molecular flexibility index (Phi) is 11.9. The normalized spacial score (nSPS) is 19.1. The maximum Gasteiger partial charge on any atom is 0.407 e. The molecule has 64 heavy (non-hydrogen) atoms. The van der Waals surface area contributed by atoms with Gasteiger partial charge in [-0.3, -0.25) is 20.0 Å². The van der Waals surface area contributed by atoms with Crippen molar-refractivity contribution in [3.63, 3.8) is 0 Å². The number of ether oxygens (including phenoxy) is 1. The molecule has 4 atom stereocenters. The van der Waals surface area contributed by atoms with Gasteiger partial charge in [0.1, 0.15) is 16.9 Å². The van der Waals surface area contributed by atoms with Crippen molar-refractivity contribution in [1.29, 1.82) is 0 Å². The third-order valence-electron chi connectivity index (χ3n) is 11.2. The minimum Gasteiger partial charge on any atom is -0.444 e. The molecule has 0 spiro atoms. The average Bonchev–Trinajstić information content (AvgIpc) is 4.10. The second-order valence-electron chi connectivity index (χ2n) is 17.3. The summed E-state index contributed by atoms with van der Waals surface area (Å²) >= 11 is 0. The molecule has 7 aromatic rings. The van der Waals surface area contributed by atoms with Gasteiger partial charge in [0, 0.05) is 36.3 Å². The fraction of sp³-hybridized carbons (Fsp3) is 0.372. The summed E-state index contributed by atoms with van der Waals surface area (Å²) in [4.78, 5) is 37.9. The van der Waals surface area contributed by atoms with Gasteiger partial charge < -0.3 is 15.8 Å². The lowest BCUT2D eigenvalue weighted by atomic mass is 10.1. The van der Waals surface area contributed by atoms with E-state index >= 15 is 0 Å². The van der Waals surface area contributed by atoms with Crippen molar-refractivity contribution < 1.29 is 31.2 Å². The molecule has 0 unspecified atom stereocenters. The molecule has 5 heterocycles. The number of aromatic nitrogens is 8. The van der Waals surface area contributed by atoms with E-state index in [0.717, 1.165) is 40.2 Å². The van der Waals surface area contributed by atoms with E-state index in [1.54, 1.807) is 87.6 Å². The van der Waals surface area contributed by atoms with Crippen molar-refractivity contribution in [2.45, 2.75) is 107 Å². The van der Waals surface area contributed by atoms with Crippen LogP contribution in [0.1, 0.15) is 82.2 Å². The molecule has 5 N–H and O–H groups in total. The van der Waals surface area contributed by atoms with Crippen molar-refractivity contribution in [3.8, 4) is 0 Å². The number of nitrogens with zero attached hydrogens (tertiary/aromatic N) is 8. The van der Waals surface area contributed by atoms with Gasteiger partial charge in [-0.25, -0.2) is 44.5 Å². The van der Waals surface area contributed by atoms with Gasteiger partial charge in [0.15, 0.2) is 22.8 Å². The van der Waals surface area contributed by atoms with Crippen molar-refractivity contribution in [2.75, 3.05) is 5.43 Å². The highest BCUT2D eigenvalue weighted by molar-refractivity contribution is 7.90. The summed E-state index contributed by atoms with van der Waals surface area (Å²) in [5, 5.41) is 11.4. The minimum atomic E-state index is -3.83. The van der Waals surface area contributed by atoms with Crippen LogP contribution in [-0.2, 0) is 29.6 Å². The zero-order valence-electron chi connectivity index (χ0n) is 36.0. The van der Waals surface area contributed by atoms with Crippen molar-refractivity contribution >= 4 is 65.8 Å². The van der Waals surface area contributed by atoms with Crippen LogP contribution in [-0.4, -0.2) is 84.0 Å². The van der Waals surface area contributed by atoms with Crippen LogP contribution in [0.2, 0.25) is 0 Å². The molecule has 0 bridgehead atoms. The summed E-state index contributed by atoms with van der Waals surface area (Å²) in [5.41, 5.74) is 15.0. The number of aryl methyl sites for hydroxylation is 2. The summed E-state index contributed by atoms with van der Waals surface area (Å²) in [7, 11) is -7.58. The molecular weight excluding hydrogens is 861 g/mol. The quantitative estimate of drug-likeness (QED) is 0.134. The Bertz CT molecular complexity index is 3090. The molecule has 21 heteroatoms. The number of carbonyl (C=O) groups excluding carboxylic acids is 2. The zero-order valence-corrected chi connectivity index (χ0v) is 37.6. The molecule has 336 valence electrons. The Morgan fingerprint density at radius 1 is 0.766 bits per heavy atom. The maximum absolute atomic E-state index is 13.1. The molecule has 2 fully saturated rings. The van der Waals surface area contributed by atoms with Crippen molar-refractivity contribution in [1.82, 2.24) is 48.2 Å². The number of amides is 2. The lowest BCUT2D eigenvalue weighted by Gasteiger charge is -2.21. The Labute approximate surface area is 369 Å². The van der Waals surface area contributed by atoms with Gasteiger partial charge in [-0.2, -0.15) is 0 Å². The summed E-state index contributed by atoms with van der Waals surface area (Å²) in [6.45, 7) is 9.18. The summed E-state index contributed by atoms with van der Waals surface area (Å²) in [5.74, 6) is 0.788. The van der Waals surface area contributed by atoms with E-state index in [0.29, 0.717) is 41.6 Å². The first-order valence-electron chi connectivity index (χ1n) is 20.9. The lowest BCUT2D eigenvalue weighted by molar-refractivity contribution is -0.124. The molecule has 2 aliphatic carbocycles. The van der Waals surface area contributed by atoms with Crippen LogP contribution in [0.15, 0.2) is 95.2 Å². The number of anilines is 1. The van der Waals surface area contributed by atoms with Gasteiger partial charge in [0.05, 0.1) is 27.7 Å². The monoisotopic (exact) mass is 910 g/mol. The van der Waals surface area contributed by atoms with E-state index in [1.807, 2.05) is 18.2 Å². The first-order chi connectivity index (χ1) is 30.4. The number of nitrogens with one attached hydrogen (secondary N) is 3. The molecule has 0 radical (unpaired) electrons. The fourth-order valence-electron chi connectivity index (χ4n) is 8.00. The second-order valence-corrected chi connectivity index (χ2v) is 20.9. The predicted molar refractivity (Wildman–Crippen MR) is 238 cm³/mol. The molecule has 2 aliphatic rings. The number of carbonyl (C=O) groups is 2. The number of rotatable bonds is 9. The minimum absolute atomic E-state index is 0.137.